The first-order valence-electron chi connectivity index (χ1n) is 6.18. The molecule has 1 unspecified atom stereocenters. The maximum absolute atomic E-state index is 12.9. The molecule has 5 heteroatoms. The van der Waals surface area contributed by atoms with Gasteiger partial charge in [-0.3, -0.25) is 4.79 Å². The minimum absolute atomic E-state index is 0.286. The maximum atomic E-state index is 12.9. The number of amides is 1. The highest BCUT2D eigenvalue weighted by molar-refractivity contribution is 6.02. The lowest BCUT2D eigenvalue weighted by Gasteiger charge is -2.20. The van der Waals surface area contributed by atoms with E-state index in [9.17, 15) is 14.3 Å². The molecule has 1 heterocycles. The van der Waals surface area contributed by atoms with Gasteiger partial charge in [0, 0.05) is 29.7 Å². The first-order chi connectivity index (χ1) is 9.56. The number of benzene rings is 2. The molecule has 20 heavy (non-hydrogen) atoms. The number of carbonyl (C=O) groups is 1. The number of aliphatic hydroxyl groups is 1. The number of aliphatic hydroxyl groups excluding tert-OH is 1. The Hall–Kier alpha value is -2.40. The van der Waals surface area contributed by atoms with Crippen LogP contribution in [0.5, 0.6) is 0 Å². The topological polar surface area (TPSA) is 52.6 Å². The van der Waals surface area contributed by atoms with Gasteiger partial charge >= 0.3 is 0 Å². The molecule has 0 bridgehead atoms. The third-order valence-corrected chi connectivity index (χ3v) is 3.44. The quantitative estimate of drug-likeness (QED) is 0.883. The highest BCUT2D eigenvalue weighted by Gasteiger charge is 2.28. The summed E-state index contributed by atoms with van der Waals surface area (Å²) >= 11 is 0. The summed E-state index contributed by atoms with van der Waals surface area (Å²) in [5, 5.41) is 12.3. The van der Waals surface area contributed by atoms with Crippen molar-refractivity contribution in [3.05, 3.63) is 53.8 Å². The summed E-state index contributed by atoms with van der Waals surface area (Å²) in [6.45, 7) is 0. The van der Waals surface area contributed by atoms with Gasteiger partial charge in [-0.25, -0.2) is 4.39 Å². The van der Waals surface area contributed by atoms with Crippen LogP contribution in [0.2, 0.25) is 0 Å². The van der Waals surface area contributed by atoms with Crippen LogP contribution >= 0.6 is 0 Å². The number of fused-ring (bicyclic) bond motifs is 1. The smallest absolute Gasteiger partial charge is 0.257 e. The second kappa shape index (κ2) is 4.61. The summed E-state index contributed by atoms with van der Waals surface area (Å²) < 4.78 is 12.9. The van der Waals surface area contributed by atoms with Gasteiger partial charge in [0.2, 0.25) is 0 Å². The Labute approximate surface area is 115 Å². The molecule has 4 nitrogen and oxygen atoms in total. The number of rotatable bonds is 2. The Morgan fingerprint density at radius 3 is 2.50 bits per heavy atom. The predicted octanol–water partition coefficient (Wildman–Crippen LogP) is 2.58. The van der Waals surface area contributed by atoms with E-state index < -0.39 is 12.0 Å². The van der Waals surface area contributed by atoms with Crippen LogP contribution in [0.25, 0.3) is 0 Å². The molecule has 1 aliphatic rings. The molecule has 0 saturated carbocycles. The van der Waals surface area contributed by atoms with Gasteiger partial charge in [-0.2, -0.15) is 0 Å². The molecule has 1 aliphatic heterocycles. The molecule has 102 valence electrons. The maximum Gasteiger partial charge on any atom is 0.257 e. The normalized spacial score (nSPS) is 16.8. The Morgan fingerprint density at radius 1 is 1.15 bits per heavy atom. The zero-order chi connectivity index (χ0) is 14.3. The molecule has 1 atom stereocenters. The van der Waals surface area contributed by atoms with E-state index in [2.05, 4.69) is 5.32 Å². The minimum Gasteiger partial charge on any atom is -0.378 e. The number of carbonyl (C=O) groups excluding carboxylic acids is 1. The van der Waals surface area contributed by atoms with Crippen LogP contribution < -0.4 is 10.2 Å². The van der Waals surface area contributed by atoms with Crippen molar-refractivity contribution in [2.75, 3.05) is 17.3 Å². The van der Waals surface area contributed by atoms with E-state index >= 15 is 0 Å². The highest BCUT2D eigenvalue weighted by Crippen LogP contribution is 2.35. The fraction of sp³-hybridized carbons (Fsp3) is 0.133. The summed E-state index contributed by atoms with van der Waals surface area (Å²) in [6, 6.07) is 11.5. The van der Waals surface area contributed by atoms with Crippen LogP contribution in [0.15, 0.2) is 42.5 Å². The third kappa shape index (κ3) is 2.02. The van der Waals surface area contributed by atoms with Crippen molar-refractivity contribution in [3.63, 3.8) is 0 Å². The lowest BCUT2D eigenvalue weighted by molar-refractivity contribution is -0.123. The van der Waals surface area contributed by atoms with Gasteiger partial charge in [0.15, 0.2) is 6.10 Å². The Bertz CT molecular complexity index is 670. The summed E-state index contributed by atoms with van der Waals surface area (Å²) in [5.41, 5.74) is 2.85. The minimum atomic E-state index is -1.10. The Kier molecular flexibility index (Phi) is 2.91. The van der Waals surface area contributed by atoms with Crippen molar-refractivity contribution in [1.29, 1.82) is 0 Å². The SMILES string of the molecule is CN(c1ccc(F)cc1)c1ccc2c(c1)NC(=O)C2O. The molecule has 2 N–H and O–H groups in total. The second-order valence-corrected chi connectivity index (χ2v) is 4.70. The number of anilines is 3. The number of nitrogens with one attached hydrogen (secondary N) is 1. The summed E-state index contributed by atoms with van der Waals surface area (Å²) in [7, 11) is 1.85. The van der Waals surface area contributed by atoms with Crippen molar-refractivity contribution in [2.45, 2.75) is 6.10 Å². The van der Waals surface area contributed by atoms with E-state index in [4.69, 9.17) is 0 Å². The molecular weight excluding hydrogens is 259 g/mol. The monoisotopic (exact) mass is 272 g/mol. The summed E-state index contributed by atoms with van der Waals surface area (Å²) in [5.74, 6) is -0.701. The Balaban J connectivity index is 1.94. The lowest BCUT2D eigenvalue weighted by atomic mass is 10.1. The molecular formula is C15H13FN2O2. The van der Waals surface area contributed by atoms with Crippen LogP contribution in [0.3, 0.4) is 0 Å². The van der Waals surface area contributed by atoms with Crippen LogP contribution in [-0.2, 0) is 4.79 Å². The zero-order valence-electron chi connectivity index (χ0n) is 10.8. The van der Waals surface area contributed by atoms with Gasteiger partial charge in [-0.1, -0.05) is 6.07 Å². The average Bonchev–Trinajstić information content (AvgIpc) is 2.74. The van der Waals surface area contributed by atoms with Crippen LogP contribution in [0, 0.1) is 5.82 Å². The van der Waals surface area contributed by atoms with E-state index in [1.54, 1.807) is 24.3 Å². The van der Waals surface area contributed by atoms with Gasteiger partial charge in [0.05, 0.1) is 0 Å². The largest absolute Gasteiger partial charge is 0.378 e. The lowest BCUT2D eigenvalue weighted by Crippen LogP contribution is -2.10. The van der Waals surface area contributed by atoms with Crippen LogP contribution in [-0.4, -0.2) is 18.1 Å². The van der Waals surface area contributed by atoms with E-state index in [-0.39, 0.29) is 5.82 Å². The first kappa shape index (κ1) is 12.6. The molecule has 0 aromatic heterocycles. The first-order valence-corrected chi connectivity index (χ1v) is 6.18. The molecule has 0 fully saturated rings. The Morgan fingerprint density at radius 2 is 1.80 bits per heavy atom. The molecule has 0 saturated heterocycles. The molecule has 3 rings (SSSR count). The summed E-state index contributed by atoms with van der Waals surface area (Å²) in [6.07, 6.45) is -1.10. The van der Waals surface area contributed by atoms with Crippen LogP contribution in [0.1, 0.15) is 11.7 Å². The van der Waals surface area contributed by atoms with E-state index in [1.807, 2.05) is 18.0 Å². The van der Waals surface area contributed by atoms with E-state index in [0.717, 1.165) is 11.4 Å². The molecule has 1 amide bonds. The van der Waals surface area contributed by atoms with E-state index in [1.165, 1.54) is 12.1 Å². The van der Waals surface area contributed by atoms with Gasteiger partial charge in [0.1, 0.15) is 5.82 Å². The van der Waals surface area contributed by atoms with Crippen molar-refractivity contribution >= 4 is 23.0 Å². The van der Waals surface area contributed by atoms with E-state index in [0.29, 0.717) is 11.3 Å². The molecule has 0 aliphatic carbocycles. The predicted molar refractivity (Wildman–Crippen MR) is 74.5 cm³/mol. The van der Waals surface area contributed by atoms with Gasteiger partial charge in [0.25, 0.3) is 5.91 Å². The third-order valence-electron chi connectivity index (χ3n) is 3.44. The number of hydrogen-bond acceptors (Lipinski definition) is 3. The van der Waals surface area contributed by atoms with Crippen molar-refractivity contribution < 1.29 is 14.3 Å². The molecule has 2 aromatic carbocycles. The van der Waals surface area contributed by atoms with Crippen molar-refractivity contribution in [1.82, 2.24) is 0 Å². The fourth-order valence-corrected chi connectivity index (χ4v) is 2.26. The van der Waals surface area contributed by atoms with Crippen molar-refractivity contribution in [2.24, 2.45) is 0 Å². The molecule has 0 spiro atoms. The highest BCUT2D eigenvalue weighted by atomic mass is 19.1. The van der Waals surface area contributed by atoms with Gasteiger partial charge in [-0.15, -0.1) is 0 Å². The fourth-order valence-electron chi connectivity index (χ4n) is 2.26. The molecule has 0 radical (unpaired) electrons. The van der Waals surface area contributed by atoms with Gasteiger partial charge in [-0.05, 0) is 36.4 Å². The summed E-state index contributed by atoms with van der Waals surface area (Å²) in [4.78, 5) is 13.3. The standard InChI is InChI=1S/C15H13FN2O2/c1-18(10-4-2-9(16)3-5-10)11-6-7-12-13(8-11)17-15(20)14(12)19/h2-8,14,19H,1H3,(H,17,20). The number of nitrogens with zero attached hydrogens (tertiary/aromatic N) is 1. The average molecular weight is 272 g/mol. The zero-order valence-corrected chi connectivity index (χ0v) is 10.8. The van der Waals surface area contributed by atoms with Crippen LogP contribution in [0.4, 0.5) is 21.5 Å². The number of hydrogen-bond donors (Lipinski definition) is 2. The molecule has 2 aromatic rings. The van der Waals surface area contributed by atoms with Gasteiger partial charge < -0.3 is 15.3 Å². The number of halogens is 1. The second-order valence-electron chi connectivity index (χ2n) is 4.70. The van der Waals surface area contributed by atoms with Crippen molar-refractivity contribution in [3.8, 4) is 0 Å².